The van der Waals surface area contributed by atoms with Gasteiger partial charge in [0.25, 0.3) is 0 Å². The number of nitrogens with two attached hydrogens (primary N) is 1. The highest BCUT2D eigenvalue weighted by Crippen LogP contribution is 2.18. The molecule has 0 radical (unpaired) electrons. The minimum Gasteiger partial charge on any atom is -0.423 e. The summed E-state index contributed by atoms with van der Waals surface area (Å²) in [5.74, 6) is -0.370. The van der Waals surface area contributed by atoms with Crippen LogP contribution in [-0.2, 0) is 4.79 Å². The smallest absolute Gasteiger partial charge is 0.343 e. The van der Waals surface area contributed by atoms with E-state index in [1.807, 2.05) is 0 Å². The quantitative estimate of drug-likeness (QED) is 0.594. The van der Waals surface area contributed by atoms with Gasteiger partial charge in [0.2, 0.25) is 5.91 Å². The molecule has 0 aromatic heterocycles. The zero-order valence-corrected chi connectivity index (χ0v) is 12.3. The number of nitrogens with one attached hydrogen (secondary N) is 2. The van der Waals surface area contributed by atoms with E-state index in [9.17, 15) is 14.4 Å². The molecule has 0 unspecified atom stereocenters. The summed E-state index contributed by atoms with van der Waals surface area (Å²) in [7, 11) is 0. The van der Waals surface area contributed by atoms with E-state index < -0.39 is 12.0 Å². The van der Waals surface area contributed by atoms with Crippen LogP contribution in [0.2, 0.25) is 0 Å². The van der Waals surface area contributed by atoms with Crippen molar-refractivity contribution in [2.45, 2.75) is 6.92 Å². The second kappa shape index (κ2) is 7.08. The molecule has 0 saturated carbocycles. The summed E-state index contributed by atoms with van der Waals surface area (Å²) in [5, 5.41) is 5.01. The van der Waals surface area contributed by atoms with Crippen molar-refractivity contribution in [3.8, 4) is 5.75 Å². The topological polar surface area (TPSA) is 111 Å². The first-order chi connectivity index (χ1) is 10.9. The van der Waals surface area contributed by atoms with Crippen LogP contribution in [0.25, 0.3) is 0 Å². The van der Waals surface area contributed by atoms with Crippen LogP contribution in [0.1, 0.15) is 17.3 Å². The Morgan fingerprint density at radius 1 is 0.870 bits per heavy atom. The molecule has 0 spiro atoms. The summed E-state index contributed by atoms with van der Waals surface area (Å²) < 4.78 is 5.22. The minimum atomic E-state index is -0.681. The van der Waals surface area contributed by atoms with E-state index in [4.69, 9.17) is 10.5 Å². The molecule has 0 aliphatic heterocycles. The Labute approximate surface area is 132 Å². The van der Waals surface area contributed by atoms with Crippen molar-refractivity contribution in [2.75, 3.05) is 10.6 Å². The van der Waals surface area contributed by atoms with Crippen LogP contribution in [-0.4, -0.2) is 17.9 Å². The fraction of sp³-hybridized carbons (Fsp3) is 0.0625. The highest BCUT2D eigenvalue weighted by Gasteiger charge is 2.09. The first kappa shape index (κ1) is 16.0. The van der Waals surface area contributed by atoms with Crippen molar-refractivity contribution >= 4 is 29.3 Å². The first-order valence-corrected chi connectivity index (χ1v) is 6.70. The van der Waals surface area contributed by atoms with Crippen molar-refractivity contribution in [2.24, 2.45) is 5.73 Å². The second-order valence-electron chi connectivity index (χ2n) is 4.66. The van der Waals surface area contributed by atoms with Gasteiger partial charge in [-0.15, -0.1) is 0 Å². The predicted octanol–water partition coefficient (Wildman–Crippen LogP) is 2.35. The van der Waals surface area contributed by atoms with Gasteiger partial charge in [0.05, 0.1) is 5.56 Å². The zero-order chi connectivity index (χ0) is 16.8. The lowest BCUT2D eigenvalue weighted by atomic mass is 10.2. The largest absolute Gasteiger partial charge is 0.423 e. The number of urea groups is 1. The third kappa shape index (κ3) is 4.85. The third-order valence-corrected chi connectivity index (χ3v) is 2.77. The molecule has 2 aromatic rings. The Bertz CT molecular complexity index is 724. The van der Waals surface area contributed by atoms with Gasteiger partial charge in [0.1, 0.15) is 5.75 Å². The molecular weight excluding hydrogens is 298 g/mol. The van der Waals surface area contributed by atoms with Crippen molar-refractivity contribution in [3.05, 3.63) is 54.1 Å². The Balaban J connectivity index is 2.01. The Kier molecular flexibility index (Phi) is 4.93. The molecule has 0 heterocycles. The zero-order valence-electron chi connectivity index (χ0n) is 12.3. The van der Waals surface area contributed by atoms with E-state index in [-0.39, 0.29) is 5.91 Å². The van der Waals surface area contributed by atoms with Crippen LogP contribution in [0.5, 0.6) is 5.75 Å². The maximum Gasteiger partial charge on any atom is 0.343 e. The lowest BCUT2D eigenvalue weighted by molar-refractivity contribution is -0.114. The summed E-state index contributed by atoms with van der Waals surface area (Å²) in [5.41, 5.74) is 6.41. The second-order valence-corrected chi connectivity index (χ2v) is 4.66. The highest BCUT2D eigenvalue weighted by molar-refractivity contribution is 5.93. The number of esters is 1. The summed E-state index contributed by atoms with van der Waals surface area (Å²) in [4.78, 5) is 33.6. The number of amides is 3. The summed E-state index contributed by atoms with van der Waals surface area (Å²) in [6.07, 6.45) is 0. The average molecular weight is 313 g/mol. The predicted molar refractivity (Wildman–Crippen MR) is 85.4 cm³/mol. The molecule has 2 aromatic carbocycles. The monoisotopic (exact) mass is 313 g/mol. The number of primary amides is 1. The standard InChI is InChI=1S/C16H15N3O4/c1-10(20)18-12-6-8-14(9-7-12)23-15(21)11-2-4-13(5-3-11)19-16(17)22/h2-9H,1H3,(H,18,20)(H3,17,19,22). The maximum absolute atomic E-state index is 12.0. The van der Waals surface area contributed by atoms with E-state index >= 15 is 0 Å². The van der Waals surface area contributed by atoms with Gasteiger partial charge in [-0.2, -0.15) is 0 Å². The van der Waals surface area contributed by atoms with E-state index in [0.29, 0.717) is 22.7 Å². The number of benzene rings is 2. The average Bonchev–Trinajstić information content (AvgIpc) is 2.49. The fourth-order valence-corrected chi connectivity index (χ4v) is 1.81. The summed E-state index contributed by atoms with van der Waals surface area (Å²) in [6.45, 7) is 1.41. The fourth-order valence-electron chi connectivity index (χ4n) is 1.81. The van der Waals surface area contributed by atoms with Gasteiger partial charge in [-0.25, -0.2) is 9.59 Å². The summed E-state index contributed by atoms with van der Waals surface area (Å²) >= 11 is 0. The van der Waals surface area contributed by atoms with Crippen LogP contribution >= 0.6 is 0 Å². The number of carbonyl (C=O) groups excluding carboxylic acids is 3. The summed E-state index contributed by atoms with van der Waals surface area (Å²) in [6, 6.07) is 11.8. The molecule has 3 amide bonds. The van der Waals surface area contributed by atoms with Gasteiger partial charge in [0.15, 0.2) is 0 Å². The molecule has 0 aliphatic rings. The van der Waals surface area contributed by atoms with Crippen LogP contribution in [0.4, 0.5) is 16.2 Å². The lowest BCUT2D eigenvalue weighted by Gasteiger charge is -2.07. The molecule has 0 fully saturated rings. The van der Waals surface area contributed by atoms with E-state index in [1.54, 1.807) is 36.4 Å². The van der Waals surface area contributed by atoms with Gasteiger partial charge < -0.3 is 21.1 Å². The van der Waals surface area contributed by atoms with Gasteiger partial charge >= 0.3 is 12.0 Å². The normalized spacial score (nSPS) is 9.78. The Morgan fingerprint density at radius 3 is 1.91 bits per heavy atom. The first-order valence-electron chi connectivity index (χ1n) is 6.70. The number of ether oxygens (including phenoxy) is 1. The SMILES string of the molecule is CC(=O)Nc1ccc(OC(=O)c2ccc(NC(N)=O)cc2)cc1. The number of rotatable bonds is 4. The van der Waals surface area contributed by atoms with Crippen LogP contribution in [0.3, 0.4) is 0 Å². The van der Waals surface area contributed by atoms with Crippen molar-refractivity contribution < 1.29 is 19.1 Å². The Hall–Kier alpha value is -3.35. The van der Waals surface area contributed by atoms with E-state index in [0.717, 1.165) is 0 Å². The molecule has 2 rings (SSSR count). The van der Waals surface area contributed by atoms with E-state index in [1.165, 1.54) is 19.1 Å². The van der Waals surface area contributed by atoms with Crippen molar-refractivity contribution in [1.82, 2.24) is 0 Å². The lowest BCUT2D eigenvalue weighted by Crippen LogP contribution is -2.19. The number of carbonyl (C=O) groups is 3. The molecule has 0 atom stereocenters. The molecule has 118 valence electrons. The molecule has 0 bridgehead atoms. The molecule has 7 heteroatoms. The van der Waals surface area contributed by atoms with Gasteiger partial charge in [-0.3, -0.25) is 4.79 Å². The van der Waals surface area contributed by atoms with Crippen molar-refractivity contribution in [1.29, 1.82) is 0 Å². The molecular formula is C16H15N3O4. The maximum atomic E-state index is 12.0. The van der Waals surface area contributed by atoms with Crippen LogP contribution in [0, 0.1) is 0 Å². The number of hydrogen-bond donors (Lipinski definition) is 3. The van der Waals surface area contributed by atoms with Crippen LogP contribution < -0.4 is 21.1 Å². The third-order valence-electron chi connectivity index (χ3n) is 2.77. The van der Waals surface area contributed by atoms with Crippen LogP contribution in [0.15, 0.2) is 48.5 Å². The molecule has 0 aliphatic carbocycles. The van der Waals surface area contributed by atoms with Gasteiger partial charge in [-0.05, 0) is 48.5 Å². The minimum absolute atomic E-state index is 0.181. The van der Waals surface area contributed by atoms with Gasteiger partial charge in [0, 0.05) is 18.3 Å². The number of anilines is 2. The van der Waals surface area contributed by atoms with E-state index in [2.05, 4.69) is 10.6 Å². The molecule has 4 N–H and O–H groups in total. The molecule has 7 nitrogen and oxygen atoms in total. The van der Waals surface area contributed by atoms with Crippen molar-refractivity contribution in [3.63, 3.8) is 0 Å². The Morgan fingerprint density at radius 2 is 1.39 bits per heavy atom. The highest BCUT2D eigenvalue weighted by atomic mass is 16.5. The molecule has 23 heavy (non-hydrogen) atoms. The molecule has 0 saturated heterocycles. The van der Waals surface area contributed by atoms with Gasteiger partial charge in [-0.1, -0.05) is 0 Å². The number of hydrogen-bond acceptors (Lipinski definition) is 4.